The van der Waals surface area contributed by atoms with Gasteiger partial charge >= 0.3 is 5.97 Å². The predicted molar refractivity (Wildman–Crippen MR) is 66.7 cm³/mol. The summed E-state index contributed by atoms with van der Waals surface area (Å²) in [6.07, 6.45) is 6.55. The Kier molecular flexibility index (Phi) is 5.50. The van der Waals surface area contributed by atoms with E-state index in [0.29, 0.717) is 6.61 Å². The van der Waals surface area contributed by atoms with Gasteiger partial charge in [-0.05, 0) is 41.1 Å². The Morgan fingerprint density at radius 1 is 1.50 bits per heavy atom. The topological polar surface area (TPSA) is 39.2 Å². The maximum atomic E-state index is 10.9. The lowest BCUT2D eigenvalue weighted by atomic mass is 10.3. The fourth-order valence-corrected chi connectivity index (χ4v) is 1.35. The number of halogens is 1. The summed E-state index contributed by atoms with van der Waals surface area (Å²) in [4.78, 5) is 15.1. The number of pyridine rings is 1. The van der Waals surface area contributed by atoms with E-state index in [0.717, 1.165) is 10.3 Å². The number of carbonyl (C=O) groups is 1. The lowest BCUT2D eigenvalue weighted by Gasteiger charge is -1.93. The van der Waals surface area contributed by atoms with Gasteiger partial charge < -0.3 is 4.74 Å². The van der Waals surface area contributed by atoms with E-state index in [1.165, 1.54) is 6.08 Å². The monoisotopic (exact) mass is 281 g/mol. The van der Waals surface area contributed by atoms with Crippen LogP contribution >= 0.6 is 15.9 Å². The molecule has 0 saturated heterocycles. The van der Waals surface area contributed by atoms with Crippen LogP contribution in [0.2, 0.25) is 0 Å². The number of hydrogen-bond acceptors (Lipinski definition) is 3. The van der Waals surface area contributed by atoms with Crippen LogP contribution in [0.25, 0.3) is 6.08 Å². The largest absolute Gasteiger partial charge is 0.463 e. The van der Waals surface area contributed by atoms with Crippen LogP contribution in [0.3, 0.4) is 0 Å². The van der Waals surface area contributed by atoms with Crippen molar-refractivity contribution in [1.82, 2.24) is 4.98 Å². The Balaban J connectivity index is 2.52. The molecule has 0 spiro atoms. The second-order valence-electron chi connectivity index (χ2n) is 2.86. The number of nitrogens with zero attached hydrogens (tertiary/aromatic N) is 1. The van der Waals surface area contributed by atoms with E-state index >= 15 is 0 Å². The van der Waals surface area contributed by atoms with Crippen molar-refractivity contribution >= 4 is 28.0 Å². The number of carbonyl (C=O) groups excluding carboxylic acids is 1. The third kappa shape index (κ3) is 4.89. The van der Waals surface area contributed by atoms with Crippen LogP contribution in [-0.4, -0.2) is 17.6 Å². The first-order valence-corrected chi connectivity index (χ1v) is 5.65. The summed E-state index contributed by atoms with van der Waals surface area (Å²) in [5.41, 5.74) is 0.822. The molecule has 0 bridgehead atoms. The number of allylic oxidation sites excluding steroid dienone is 2. The highest BCUT2D eigenvalue weighted by Gasteiger charge is 1.91. The zero-order chi connectivity index (χ0) is 11.8. The number of aromatic nitrogens is 1. The lowest BCUT2D eigenvalue weighted by Crippen LogP contribution is -1.98. The summed E-state index contributed by atoms with van der Waals surface area (Å²) in [5, 5.41) is 0. The minimum atomic E-state index is -0.339. The molecule has 0 aliphatic heterocycles. The van der Waals surface area contributed by atoms with E-state index in [-0.39, 0.29) is 5.97 Å². The molecule has 0 radical (unpaired) electrons. The molecule has 1 heterocycles. The molecule has 1 rings (SSSR count). The Morgan fingerprint density at radius 2 is 2.31 bits per heavy atom. The molecule has 1 aromatic heterocycles. The van der Waals surface area contributed by atoms with Crippen LogP contribution in [0, 0.1) is 0 Å². The van der Waals surface area contributed by atoms with E-state index in [2.05, 4.69) is 20.9 Å². The van der Waals surface area contributed by atoms with Crippen molar-refractivity contribution in [3.05, 3.63) is 46.7 Å². The third-order valence-corrected chi connectivity index (χ3v) is 2.08. The first-order valence-electron chi connectivity index (χ1n) is 4.86. The Hall–Kier alpha value is -1.42. The van der Waals surface area contributed by atoms with Gasteiger partial charge in [0.25, 0.3) is 0 Å². The standard InChI is InChI=1S/C12H12BrNO2/c1-2-16-12(15)9-4-3-6-10-7-5-8-11(13)14-10/h3-9H,2H2,1H3. The maximum absolute atomic E-state index is 10.9. The predicted octanol–water partition coefficient (Wildman–Crippen LogP) is 2.98. The van der Waals surface area contributed by atoms with Gasteiger partial charge in [-0.25, -0.2) is 9.78 Å². The molecule has 3 nitrogen and oxygen atoms in total. The summed E-state index contributed by atoms with van der Waals surface area (Å²) in [6.45, 7) is 2.16. The molecule has 0 saturated carbocycles. The molecule has 0 fully saturated rings. The van der Waals surface area contributed by atoms with Crippen LogP contribution in [0.4, 0.5) is 0 Å². The van der Waals surface area contributed by atoms with Gasteiger partial charge in [-0.1, -0.05) is 18.2 Å². The lowest BCUT2D eigenvalue weighted by molar-refractivity contribution is -0.137. The molecule has 4 heteroatoms. The smallest absolute Gasteiger partial charge is 0.330 e. The van der Waals surface area contributed by atoms with Gasteiger partial charge in [0.1, 0.15) is 4.60 Å². The highest BCUT2D eigenvalue weighted by molar-refractivity contribution is 9.10. The van der Waals surface area contributed by atoms with Crippen LogP contribution in [0.5, 0.6) is 0 Å². The summed E-state index contributed by atoms with van der Waals surface area (Å²) < 4.78 is 5.51. The number of esters is 1. The summed E-state index contributed by atoms with van der Waals surface area (Å²) in [7, 11) is 0. The van der Waals surface area contributed by atoms with Crippen molar-refractivity contribution in [3.63, 3.8) is 0 Å². The number of ether oxygens (including phenoxy) is 1. The van der Waals surface area contributed by atoms with Gasteiger partial charge in [0.15, 0.2) is 0 Å². The molecular weight excluding hydrogens is 270 g/mol. The molecule has 1 aromatic rings. The summed E-state index contributed by atoms with van der Waals surface area (Å²) >= 11 is 3.28. The normalized spacial score (nSPS) is 11.1. The van der Waals surface area contributed by atoms with Crippen molar-refractivity contribution in [2.45, 2.75) is 6.92 Å². The molecule has 16 heavy (non-hydrogen) atoms. The quantitative estimate of drug-likeness (QED) is 0.369. The second-order valence-corrected chi connectivity index (χ2v) is 3.67. The van der Waals surface area contributed by atoms with E-state index in [1.807, 2.05) is 18.2 Å². The summed E-state index contributed by atoms with van der Waals surface area (Å²) in [6, 6.07) is 5.62. The van der Waals surface area contributed by atoms with Crippen LogP contribution in [0.15, 0.2) is 41.0 Å². The van der Waals surface area contributed by atoms with Crippen molar-refractivity contribution in [2.75, 3.05) is 6.61 Å². The van der Waals surface area contributed by atoms with Crippen molar-refractivity contribution < 1.29 is 9.53 Å². The first kappa shape index (κ1) is 12.6. The van der Waals surface area contributed by atoms with Crippen molar-refractivity contribution in [3.8, 4) is 0 Å². The number of rotatable bonds is 4. The average Bonchev–Trinajstić information content (AvgIpc) is 2.25. The van der Waals surface area contributed by atoms with Gasteiger partial charge in [0.2, 0.25) is 0 Å². The fourth-order valence-electron chi connectivity index (χ4n) is 0.995. The highest BCUT2D eigenvalue weighted by atomic mass is 79.9. The van der Waals surface area contributed by atoms with E-state index in [9.17, 15) is 4.79 Å². The minimum absolute atomic E-state index is 0.339. The van der Waals surface area contributed by atoms with Crippen LogP contribution in [-0.2, 0) is 9.53 Å². The van der Waals surface area contributed by atoms with Gasteiger partial charge in [0.05, 0.1) is 12.3 Å². The fraction of sp³-hybridized carbons (Fsp3) is 0.167. The molecule has 0 aliphatic rings. The van der Waals surface area contributed by atoms with Crippen molar-refractivity contribution in [1.29, 1.82) is 0 Å². The number of hydrogen-bond donors (Lipinski definition) is 0. The third-order valence-electron chi connectivity index (χ3n) is 1.63. The van der Waals surface area contributed by atoms with Gasteiger partial charge in [-0.3, -0.25) is 0 Å². The molecule has 84 valence electrons. The molecule has 0 unspecified atom stereocenters. The molecule has 0 N–H and O–H groups in total. The zero-order valence-corrected chi connectivity index (χ0v) is 10.5. The molecule has 0 aromatic carbocycles. The van der Waals surface area contributed by atoms with Crippen LogP contribution in [0.1, 0.15) is 12.6 Å². The minimum Gasteiger partial charge on any atom is -0.463 e. The van der Waals surface area contributed by atoms with Gasteiger partial charge in [-0.15, -0.1) is 0 Å². The molecule has 0 amide bonds. The molecule has 0 aliphatic carbocycles. The van der Waals surface area contributed by atoms with Gasteiger partial charge in [-0.2, -0.15) is 0 Å². The van der Waals surface area contributed by atoms with Crippen LogP contribution < -0.4 is 0 Å². The zero-order valence-electron chi connectivity index (χ0n) is 8.89. The highest BCUT2D eigenvalue weighted by Crippen LogP contribution is 2.07. The van der Waals surface area contributed by atoms with E-state index < -0.39 is 0 Å². The van der Waals surface area contributed by atoms with E-state index in [1.54, 1.807) is 25.2 Å². The van der Waals surface area contributed by atoms with Gasteiger partial charge in [0, 0.05) is 6.08 Å². The second kappa shape index (κ2) is 6.95. The summed E-state index contributed by atoms with van der Waals surface area (Å²) in [5.74, 6) is -0.339. The van der Waals surface area contributed by atoms with E-state index in [4.69, 9.17) is 4.74 Å². The Labute approximate surface area is 103 Å². The maximum Gasteiger partial charge on any atom is 0.330 e. The molecule has 0 atom stereocenters. The molecular formula is C12H12BrNO2. The Morgan fingerprint density at radius 3 is 3.00 bits per heavy atom. The van der Waals surface area contributed by atoms with Crippen molar-refractivity contribution in [2.24, 2.45) is 0 Å². The first-order chi connectivity index (χ1) is 7.72. The average molecular weight is 282 g/mol. The SMILES string of the molecule is CCOC(=O)C=CC=Cc1cccc(Br)n1. The Bertz CT molecular complexity index is 413.